The summed E-state index contributed by atoms with van der Waals surface area (Å²) in [5.74, 6) is -2.18. The van der Waals surface area contributed by atoms with Crippen LogP contribution >= 0.6 is 0 Å². The van der Waals surface area contributed by atoms with Crippen LogP contribution in [0, 0.1) is 5.82 Å². The lowest BCUT2D eigenvalue weighted by atomic mass is 10.2. The summed E-state index contributed by atoms with van der Waals surface area (Å²) < 4.78 is 14.5. The Kier molecular flexibility index (Phi) is 4.88. The number of halogens is 1. The quantitative estimate of drug-likeness (QED) is 0.456. The van der Waals surface area contributed by atoms with Gasteiger partial charge in [0.25, 0.3) is 11.5 Å². The molecule has 2 heterocycles. The van der Waals surface area contributed by atoms with E-state index in [0.717, 1.165) is 12.3 Å². The van der Waals surface area contributed by atoms with Crippen molar-refractivity contribution in [2.24, 2.45) is 5.10 Å². The van der Waals surface area contributed by atoms with Gasteiger partial charge < -0.3 is 5.11 Å². The number of aromatic hydroxyl groups is 1. The van der Waals surface area contributed by atoms with E-state index < -0.39 is 34.4 Å². The third-order valence-corrected chi connectivity index (χ3v) is 3.52. The predicted molar refractivity (Wildman–Crippen MR) is 93.6 cm³/mol. The number of pyridine rings is 1. The second kappa shape index (κ2) is 7.44. The van der Waals surface area contributed by atoms with Crippen molar-refractivity contribution in [2.45, 2.75) is 0 Å². The zero-order valence-corrected chi connectivity index (χ0v) is 13.6. The van der Waals surface area contributed by atoms with E-state index in [0.29, 0.717) is 4.57 Å². The molecule has 1 amide bonds. The van der Waals surface area contributed by atoms with Gasteiger partial charge in [-0.3, -0.25) is 19.6 Å². The summed E-state index contributed by atoms with van der Waals surface area (Å²) >= 11 is 0. The highest BCUT2D eigenvalue weighted by Gasteiger charge is 2.16. The number of hydrogen-bond acceptors (Lipinski definition) is 6. The minimum Gasteiger partial charge on any atom is -0.493 e. The fourth-order valence-electron chi connectivity index (χ4n) is 2.23. The highest BCUT2D eigenvalue weighted by Crippen LogP contribution is 2.17. The molecule has 0 aliphatic heterocycles. The van der Waals surface area contributed by atoms with Crippen molar-refractivity contribution in [3.8, 4) is 11.6 Å². The van der Waals surface area contributed by atoms with Gasteiger partial charge in [0.05, 0.1) is 11.9 Å². The van der Waals surface area contributed by atoms with Crippen molar-refractivity contribution in [2.75, 3.05) is 0 Å². The zero-order chi connectivity index (χ0) is 19.4. The Labute approximate surface area is 150 Å². The number of benzene rings is 1. The van der Waals surface area contributed by atoms with Crippen LogP contribution in [0.15, 0.2) is 63.5 Å². The van der Waals surface area contributed by atoms with E-state index >= 15 is 0 Å². The molecule has 0 aliphatic rings. The molecule has 0 atom stereocenters. The van der Waals surface area contributed by atoms with Crippen LogP contribution in [0.2, 0.25) is 0 Å². The summed E-state index contributed by atoms with van der Waals surface area (Å²) in [6.45, 7) is 0. The first-order valence-electron chi connectivity index (χ1n) is 7.55. The largest absolute Gasteiger partial charge is 0.493 e. The van der Waals surface area contributed by atoms with Crippen LogP contribution in [0.5, 0.6) is 5.88 Å². The molecule has 0 aliphatic carbocycles. The second-order valence-corrected chi connectivity index (χ2v) is 5.22. The van der Waals surface area contributed by atoms with Gasteiger partial charge in [-0.05, 0) is 24.3 Å². The molecule has 0 unspecified atom stereocenters. The van der Waals surface area contributed by atoms with Gasteiger partial charge in [0.1, 0.15) is 11.4 Å². The lowest BCUT2D eigenvalue weighted by Gasteiger charge is -2.10. The third-order valence-electron chi connectivity index (χ3n) is 3.52. The second-order valence-electron chi connectivity index (χ2n) is 5.22. The van der Waals surface area contributed by atoms with Crippen LogP contribution in [0.4, 0.5) is 4.39 Å². The Bertz CT molecular complexity index is 1140. The summed E-state index contributed by atoms with van der Waals surface area (Å²) in [6, 6.07) is 8.11. The smallest absolute Gasteiger partial charge is 0.335 e. The van der Waals surface area contributed by atoms with Crippen molar-refractivity contribution < 1.29 is 14.3 Å². The number of carbonyl (C=O) groups is 1. The van der Waals surface area contributed by atoms with Crippen molar-refractivity contribution in [3.05, 3.63) is 86.6 Å². The molecule has 0 spiro atoms. The molecule has 3 N–H and O–H groups in total. The summed E-state index contributed by atoms with van der Waals surface area (Å²) in [5, 5.41) is 13.9. The highest BCUT2D eigenvalue weighted by molar-refractivity contribution is 5.94. The highest BCUT2D eigenvalue weighted by atomic mass is 19.1. The molecular formula is C17H12FN5O4. The number of para-hydroxylation sites is 1. The zero-order valence-electron chi connectivity index (χ0n) is 13.6. The number of aromatic amines is 1. The molecule has 0 saturated heterocycles. The van der Waals surface area contributed by atoms with E-state index in [4.69, 9.17) is 0 Å². The molecule has 3 aromatic rings. The maximum Gasteiger partial charge on any atom is 0.335 e. The number of amides is 1. The Morgan fingerprint density at radius 3 is 2.63 bits per heavy atom. The standard InChI is InChI=1S/C17H12FN5O4/c18-12-3-1-2-4-13(12)23-16(26)11(15(25)21-17(23)27)9-20-22-14(24)10-5-7-19-8-6-10/h1-9,26H,(H,22,24)(H,21,25,27). The topological polar surface area (TPSA) is 129 Å². The van der Waals surface area contributed by atoms with Gasteiger partial charge in [-0.2, -0.15) is 5.10 Å². The van der Waals surface area contributed by atoms with E-state index in [-0.39, 0.29) is 11.3 Å². The molecular weight excluding hydrogens is 357 g/mol. The molecule has 0 radical (unpaired) electrons. The number of hydrazone groups is 1. The van der Waals surface area contributed by atoms with Crippen LogP contribution in [0.3, 0.4) is 0 Å². The van der Waals surface area contributed by atoms with Gasteiger partial charge in [0, 0.05) is 18.0 Å². The number of carbonyl (C=O) groups excluding carboxylic acids is 1. The van der Waals surface area contributed by atoms with E-state index in [9.17, 15) is 23.9 Å². The molecule has 9 nitrogen and oxygen atoms in total. The average Bonchev–Trinajstić information content (AvgIpc) is 2.66. The summed E-state index contributed by atoms with van der Waals surface area (Å²) in [6.07, 6.45) is 3.68. The van der Waals surface area contributed by atoms with Gasteiger partial charge in [-0.25, -0.2) is 19.2 Å². The molecule has 136 valence electrons. The first-order chi connectivity index (χ1) is 13.0. The predicted octanol–water partition coefficient (Wildman–Crippen LogP) is 0.529. The normalized spacial score (nSPS) is 10.9. The van der Waals surface area contributed by atoms with E-state index in [1.807, 2.05) is 4.98 Å². The average molecular weight is 369 g/mol. The Morgan fingerprint density at radius 1 is 1.22 bits per heavy atom. The molecule has 27 heavy (non-hydrogen) atoms. The number of nitrogens with one attached hydrogen (secondary N) is 2. The van der Waals surface area contributed by atoms with Crippen LogP contribution in [-0.4, -0.2) is 31.8 Å². The van der Waals surface area contributed by atoms with E-state index in [1.165, 1.54) is 42.7 Å². The maximum absolute atomic E-state index is 14.0. The molecule has 10 heteroatoms. The molecule has 0 saturated carbocycles. The van der Waals surface area contributed by atoms with Gasteiger partial charge in [0.2, 0.25) is 5.88 Å². The number of rotatable bonds is 4. The summed E-state index contributed by atoms with van der Waals surface area (Å²) in [4.78, 5) is 41.5. The van der Waals surface area contributed by atoms with Gasteiger partial charge >= 0.3 is 5.69 Å². The van der Waals surface area contributed by atoms with E-state index in [2.05, 4.69) is 15.5 Å². The summed E-state index contributed by atoms with van der Waals surface area (Å²) in [5.41, 5.74) is -0.235. The van der Waals surface area contributed by atoms with Crippen LogP contribution in [0.1, 0.15) is 15.9 Å². The first-order valence-corrected chi connectivity index (χ1v) is 7.55. The number of H-pyrrole nitrogens is 1. The van der Waals surface area contributed by atoms with Gasteiger partial charge in [0.15, 0.2) is 0 Å². The maximum atomic E-state index is 14.0. The Morgan fingerprint density at radius 2 is 1.93 bits per heavy atom. The number of hydrogen-bond donors (Lipinski definition) is 3. The number of nitrogens with zero attached hydrogens (tertiary/aromatic N) is 3. The van der Waals surface area contributed by atoms with Crippen molar-refractivity contribution in [3.63, 3.8) is 0 Å². The van der Waals surface area contributed by atoms with E-state index in [1.54, 1.807) is 0 Å². The van der Waals surface area contributed by atoms with Crippen LogP contribution in [-0.2, 0) is 0 Å². The summed E-state index contributed by atoms with van der Waals surface area (Å²) in [7, 11) is 0. The SMILES string of the molecule is O=C(NN=Cc1c(O)n(-c2ccccc2F)c(=O)[nH]c1=O)c1ccncc1. The lowest BCUT2D eigenvalue weighted by molar-refractivity contribution is 0.0955. The molecule has 2 aromatic heterocycles. The van der Waals surface area contributed by atoms with Crippen LogP contribution in [0.25, 0.3) is 5.69 Å². The third kappa shape index (κ3) is 3.63. The monoisotopic (exact) mass is 369 g/mol. The Balaban J connectivity index is 1.96. The minimum atomic E-state index is -1.03. The Hall–Kier alpha value is -4.08. The van der Waals surface area contributed by atoms with Crippen molar-refractivity contribution >= 4 is 12.1 Å². The lowest BCUT2D eigenvalue weighted by Crippen LogP contribution is -2.32. The van der Waals surface area contributed by atoms with Gasteiger partial charge in [-0.15, -0.1) is 0 Å². The van der Waals surface area contributed by atoms with Crippen molar-refractivity contribution in [1.82, 2.24) is 20.0 Å². The molecule has 0 fully saturated rings. The molecule has 3 rings (SSSR count). The molecule has 0 bridgehead atoms. The first kappa shape index (κ1) is 17.7. The van der Waals surface area contributed by atoms with Crippen molar-refractivity contribution in [1.29, 1.82) is 0 Å². The number of aromatic nitrogens is 3. The molecule has 1 aromatic carbocycles. The fraction of sp³-hybridized carbons (Fsp3) is 0. The van der Waals surface area contributed by atoms with Crippen LogP contribution < -0.4 is 16.7 Å². The minimum absolute atomic E-state index is 0.258. The fourth-order valence-corrected chi connectivity index (χ4v) is 2.23. The van der Waals surface area contributed by atoms with Gasteiger partial charge in [-0.1, -0.05) is 12.1 Å².